The van der Waals surface area contributed by atoms with E-state index in [1.165, 1.54) is 11.1 Å². The number of hydrogen-bond donors (Lipinski definition) is 1. The van der Waals surface area contributed by atoms with Crippen molar-refractivity contribution < 1.29 is 4.74 Å². The molecule has 1 atom stereocenters. The van der Waals surface area contributed by atoms with Crippen molar-refractivity contribution in [1.82, 2.24) is 5.32 Å². The van der Waals surface area contributed by atoms with Crippen molar-refractivity contribution >= 4 is 0 Å². The van der Waals surface area contributed by atoms with E-state index in [0.29, 0.717) is 13.0 Å². The quantitative estimate of drug-likeness (QED) is 0.750. The molecular weight excluding hydrogens is 224 g/mol. The largest absolute Gasteiger partial charge is 0.493 e. The van der Waals surface area contributed by atoms with Crippen LogP contribution in [-0.4, -0.2) is 13.7 Å². The van der Waals surface area contributed by atoms with Crippen molar-refractivity contribution in [2.45, 2.75) is 39.2 Å². The molecule has 0 amide bonds. The molecular formula is C15H22N2O. The Labute approximate surface area is 110 Å². The van der Waals surface area contributed by atoms with Gasteiger partial charge in [-0.05, 0) is 39.8 Å². The van der Waals surface area contributed by atoms with Crippen molar-refractivity contribution in [2.24, 2.45) is 0 Å². The number of ether oxygens (including phenoxy) is 1. The normalized spacial score (nSPS) is 11.9. The van der Waals surface area contributed by atoms with Gasteiger partial charge < -0.3 is 10.1 Å². The van der Waals surface area contributed by atoms with Gasteiger partial charge in [-0.25, -0.2) is 0 Å². The molecule has 0 aliphatic rings. The molecule has 1 aromatic carbocycles. The molecule has 0 bridgehead atoms. The molecule has 0 saturated heterocycles. The van der Waals surface area contributed by atoms with Crippen LogP contribution in [0.2, 0.25) is 0 Å². The van der Waals surface area contributed by atoms with Crippen LogP contribution in [0.25, 0.3) is 0 Å². The lowest BCUT2D eigenvalue weighted by Gasteiger charge is -2.17. The predicted octanol–water partition coefficient (Wildman–Crippen LogP) is 3.35. The maximum atomic E-state index is 8.46. The maximum Gasteiger partial charge on any atom is 0.124 e. The Morgan fingerprint density at radius 1 is 1.39 bits per heavy atom. The van der Waals surface area contributed by atoms with E-state index >= 15 is 0 Å². The summed E-state index contributed by atoms with van der Waals surface area (Å²) in [5.41, 5.74) is 2.43. The Kier molecular flexibility index (Phi) is 6.24. The van der Waals surface area contributed by atoms with Crippen LogP contribution in [0.5, 0.6) is 5.75 Å². The summed E-state index contributed by atoms with van der Waals surface area (Å²) >= 11 is 0. The number of nitriles is 1. The summed E-state index contributed by atoms with van der Waals surface area (Å²) in [5.74, 6) is 0.944. The van der Waals surface area contributed by atoms with E-state index in [2.05, 4.69) is 37.4 Å². The fourth-order valence-electron chi connectivity index (χ4n) is 1.78. The number of nitrogens with zero attached hydrogens (tertiary/aromatic N) is 1. The third kappa shape index (κ3) is 4.38. The number of aryl methyl sites for hydroxylation is 1. The molecule has 0 heterocycles. The molecule has 0 aromatic heterocycles. The zero-order valence-corrected chi connectivity index (χ0v) is 11.5. The first-order chi connectivity index (χ1) is 8.69. The van der Waals surface area contributed by atoms with Gasteiger partial charge in [0.2, 0.25) is 0 Å². The summed E-state index contributed by atoms with van der Waals surface area (Å²) in [5, 5.41) is 11.7. The Morgan fingerprint density at radius 3 is 2.83 bits per heavy atom. The topological polar surface area (TPSA) is 45.0 Å². The first-order valence-corrected chi connectivity index (χ1v) is 6.46. The lowest BCUT2D eigenvalue weighted by Crippen LogP contribution is -2.14. The van der Waals surface area contributed by atoms with Gasteiger partial charge in [0.1, 0.15) is 5.75 Å². The van der Waals surface area contributed by atoms with Gasteiger partial charge in [0, 0.05) is 18.0 Å². The van der Waals surface area contributed by atoms with E-state index < -0.39 is 0 Å². The number of rotatable bonds is 7. The second kappa shape index (κ2) is 7.73. The van der Waals surface area contributed by atoms with E-state index in [4.69, 9.17) is 10.00 Å². The van der Waals surface area contributed by atoms with Gasteiger partial charge in [-0.1, -0.05) is 17.7 Å². The van der Waals surface area contributed by atoms with E-state index in [-0.39, 0.29) is 6.04 Å². The van der Waals surface area contributed by atoms with Crippen LogP contribution in [0.4, 0.5) is 0 Å². The first-order valence-electron chi connectivity index (χ1n) is 6.46. The van der Waals surface area contributed by atoms with Crippen molar-refractivity contribution in [1.29, 1.82) is 5.26 Å². The van der Waals surface area contributed by atoms with Gasteiger partial charge >= 0.3 is 0 Å². The molecule has 1 rings (SSSR count). The van der Waals surface area contributed by atoms with Crippen molar-refractivity contribution in [3.63, 3.8) is 0 Å². The molecule has 0 spiro atoms. The lowest BCUT2D eigenvalue weighted by molar-refractivity contribution is 0.302. The zero-order valence-electron chi connectivity index (χ0n) is 11.5. The van der Waals surface area contributed by atoms with Gasteiger partial charge in [0.15, 0.2) is 0 Å². The average Bonchev–Trinajstić information content (AvgIpc) is 2.39. The van der Waals surface area contributed by atoms with Crippen LogP contribution in [0, 0.1) is 18.3 Å². The molecule has 0 aliphatic carbocycles. The summed E-state index contributed by atoms with van der Waals surface area (Å²) in [4.78, 5) is 0. The highest BCUT2D eigenvalue weighted by atomic mass is 16.5. The minimum absolute atomic E-state index is 0.277. The molecule has 1 aromatic rings. The summed E-state index contributed by atoms with van der Waals surface area (Å²) in [6.07, 6.45) is 2.44. The fraction of sp³-hybridized carbons (Fsp3) is 0.533. The number of nitrogens with one attached hydrogen (secondary N) is 1. The third-order valence-corrected chi connectivity index (χ3v) is 3.01. The Bertz CT molecular complexity index is 409. The van der Waals surface area contributed by atoms with Gasteiger partial charge in [0.25, 0.3) is 0 Å². The van der Waals surface area contributed by atoms with Gasteiger partial charge in [-0.15, -0.1) is 0 Å². The highest BCUT2D eigenvalue weighted by molar-refractivity contribution is 5.38. The molecule has 1 unspecified atom stereocenters. The molecule has 3 heteroatoms. The predicted molar refractivity (Wildman–Crippen MR) is 73.6 cm³/mol. The molecule has 1 N–H and O–H groups in total. The average molecular weight is 246 g/mol. The molecule has 0 aliphatic heterocycles. The van der Waals surface area contributed by atoms with Crippen molar-refractivity contribution in [3.05, 3.63) is 29.3 Å². The lowest BCUT2D eigenvalue weighted by atomic mass is 10.0. The molecule has 98 valence electrons. The smallest absolute Gasteiger partial charge is 0.124 e. The van der Waals surface area contributed by atoms with Crippen LogP contribution in [0.3, 0.4) is 0 Å². The molecule has 18 heavy (non-hydrogen) atoms. The summed E-state index contributed by atoms with van der Waals surface area (Å²) in [6.45, 7) is 4.88. The van der Waals surface area contributed by atoms with E-state index in [1.54, 1.807) is 0 Å². The molecule has 0 saturated carbocycles. The number of unbranched alkanes of at least 4 members (excludes halogenated alkanes) is 2. The van der Waals surface area contributed by atoms with Gasteiger partial charge in [-0.2, -0.15) is 5.26 Å². The van der Waals surface area contributed by atoms with Gasteiger partial charge in [-0.3, -0.25) is 0 Å². The van der Waals surface area contributed by atoms with E-state index in [0.717, 1.165) is 18.6 Å². The number of hydrogen-bond acceptors (Lipinski definition) is 3. The first kappa shape index (κ1) is 14.5. The van der Waals surface area contributed by atoms with E-state index in [1.807, 2.05) is 13.1 Å². The second-order valence-corrected chi connectivity index (χ2v) is 4.52. The SMILES string of the molecule is CNC(C)c1cc(C)ccc1OCCCCC#N. The Balaban J connectivity index is 2.61. The van der Waals surface area contributed by atoms with Crippen molar-refractivity contribution in [2.75, 3.05) is 13.7 Å². The van der Waals surface area contributed by atoms with Crippen LogP contribution in [0.15, 0.2) is 18.2 Å². The second-order valence-electron chi connectivity index (χ2n) is 4.52. The minimum atomic E-state index is 0.277. The highest BCUT2D eigenvalue weighted by Gasteiger charge is 2.10. The minimum Gasteiger partial charge on any atom is -0.493 e. The Hall–Kier alpha value is -1.53. The monoisotopic (exact) mass is 246 g/mol. The van der Waals surface area contributed by atoms with Crippen LogP contribution in [0.1, 0.15) is 43.4 Å². The Morgan fingerprint density at radius 2 is 2.17 bits per heavy atom. The van der Waals surface area contributed by atoms with Crippen molar-refractivity contribution in [3.8, 4) is 11.8 Å². The zero-order chi connectivity index (χ0) is 13.4. The highest BCUT2D eigenvalue weighted by Crippen LogP contribution is 2.26. The molecule has 0 radical (unpaired) electrons. The van der Waals surface area contributed by atoms with Crippen LogP contribution in [-0.2, 0) is 0 Å². The number of benzene rings is 1. The standard InChI is InChI=1S/C15H22N2O/c1-12-7-8-15(14(11-12)13(2)17-3)18-10-6-4-5-9-16/h7-8,11,13,17H,4-6,10H2,1-3H3. The third-order valence-electron chi connectivity index (χ3n) is 3.01. The summed E-state index contributed by atoms with van der Waals surface area (Å²) < 4.78 is 5.81. The maximum absolute atomic E-state index is 8.46. The van der Waals surface area contributed by atoms with E-state index in [9.17, 15) is 0 Å². The summed E-state index contributed by atoms with van der Waals surface area (Å²) in [6, 6.07) is 8.68. The summed E-state index contributed by atoms with van der Waals surface area (Å²) in [7, 11) is 1.95. The van der Waals surface area contributed by atoms with Gasteiger partial charge in [0.05, 0.1) is 12.7 Å². The van der Waals surface area contributed by atoms with Crippen LogP contribution < -0.4 is 10.1 Å². The molecule has 3 nitrogen and oxygen atoms in total. The fourth-order valence-corrected chi connectivity index (χ4v) is 1.78. The molecule has 0 fully saturated rings. The van der Waals surface area contributed by atoms with Crippen LogP contribution >= 0.6 is 0 Å².